The largest absolute Gasteiger partial charge is 0.481 e. The molecular weight excluding hydrogens is 443 g/mol. The van der Waals surface area contributed by atoms with Gasteiger partial charge in [-0.2, -0.15) is 0 Å². The van der Waals surface area contributed by atoms with E-state index in [9.17, 15) is 19.1 Å². The molecule has 2 amide bonds. The topological polar surface area (TPSA) is 123 Å². The van der Waals surface area contributed by atoms with Gasteiger partial charge in [-0.3, -0.25) is 9.78 Å². The Morgan fingerprint density at radius 1 is 1.18 bits per heavy atom. The zero-order valence-corrected chi connectivity index (χ0v) is 18.5. The van der Waals surface area contributed by atoms with Crippen LogP contribution in [0.3, 0.4) is 0 Å². The first kappa shape index (κ1) is 23.4. The third kappa shape index (κ3) is 5.40. The van der Waals surface area contributed by atoms with Gasteiger partial charge in [-0.15, -0.1) is 0 Å². The summed E-state index contributed by atoms with van der Waals surface area (Å²) in [7, 11) is 1.43. The van der Waals surface area contributed by atoms with E-state index in [0.717, 1.165) is 11.8 Å². The molecule has 9 nitrogen and oxygen atoms in total. The van der Waals surface area contributed by atoms with E-state index in [1.165, 1.54) is 7.11 Å². The molecule has 10 heteroatoms. The highest BCUT2D eigenvalue weighted by Crippen LogP contribution is 2.34. The number of hydrogen-bond acceptors (Lipinski definition) is 7. The van der Waals surface area contributed by atoms with Gasteiger partial charge < -0.3 is 25.2 Å². The monoisotopic (exact) mass is 468 g/mol. The van der Waals surface area contributed by atoms with Gasteiger partial charge in [0.05, 0.1) is 31.5 Å². The first-order chi connectivity index (χ1) is 16.4. The summed E-state index contributed by atoms with van der Waals surface area (Å²) in [5.41, 5.74) is 1.40. The van der Waals surface area contributed by atoms with Crippen LogP contribution in [0, 0.1) is 17.7 Å². The van der Waals surface area contributed by atoms with E-state index in [4.69, 9.17) is 9.47 Å². The zero-order chi connectivity index (χ0) is 24.1. The number of pyridine rings is 2. The Morgan fingerprint density at radius 2 is 1.97 bits per heavy atom. The van der Waals surface area contributed by atoms with Crippen LogP contribution in [0.1, 0.15) is 18.4 Å². The highest BCUT2D eigenvalue weighted by atomic mass is 19.1. The fourth-order valence-corrected chi connectivity index (χ4v) is 3.98. The molecule has 3 aromatic rings. The fourth-order valence-electron chi connectivity index (χ4n) is 3.98. The highest BCUT2D eigenvalue weighted by Gasteiger charge is 2.38. The van der Waals surface area contributed by atoms with E-state index in [2.05, 4.69) is 20.6 Å². The van der Waals surface area contributed by atoms with Crippen LogP contribution in [0.5, 0.6) is 5.88 Å². The summed E-state index contributed by atoms with van der Waals surface area (Å²) < 4.78 is 24.8. The van der Waals surface area contributed by atoms with Crippen LogP contribution in [-0.2, 0) is 16.1 Å². The maximum absolute atomic E-state index is 14.5. The molecule has 3 atom stereocenters. The number of nitrogens with zero attached hydrogens (tertiary/aromatic N) is 2. The van der Waals surface area contributed by atoms with Crippen LogP contribution in [0.15, 0.2) is 48.7 Å². The second-order valence-electron chi connectivity index (χ2n) is 8.13. The van der Waals surface area contributed by atoms with Crippen molar-refractivity contribution in [3.05, 3.63) is 60.0 Å². The van der Waals surface area contributed by atoms with E-state index in [1.807, 2.05) is 30.3 Å². The Hall–Kier alpha value is -3.79. The number of amides is 2. The molecule has 2 aromatic heterocycles. The molecule has 0 bridgehead atoms. The van der Waals surface area contributed by atoms with E-state index < -0.39 is 35.8 Å². The van der Waals surface area contributed by atoms with E-state index in [-0.39, 0.29) is 30.1 Å². The summed E-state index contributed by atoms with van der Waals surface area (Å²) in [6.07, 6.45) is 0.0530. The second-order valence-corrected chi connectivity index (χ2v) is 8.13. The Morgan fingerprint density at radius 3 is 2.74 bits per heavy atom. The number of anilines is 1. The minimum atomic E-state index is -0.824. The van der Waals surface area contributed by atoms with Crippen molar-refractivity contribution < 1.29 is 28.6 Å². The lowest BCUT2D eigenvalue weighted by atomic mass is 10.0. The number of methoxy groups -OCH3 is 1. The number of alkyl carbamates (subject to hydrolysis) is 1. The van der Waals surface area contributed by atoms with Crippen LogP contribution in [0.25, 0.3) is 11.0 Å². The number of fused-ring (bicyclic) bond motifs is 1. The van der Waals surface area contributed by atoms with Crippen LogP contribution >= 0.6 is 0 Å². The molecule has 1 saturated carbocycles. The molecule has 1 aliphatic carbocycles. The summed E-state index contributed by atoms with van der Waals surface area (Å²) in [4.78, 5) is 33.0. The predicted octanol–water partition coefficient (Wildman–Crippen LogP) is 3.03. The molecule has 1 aliphatic rings. The normalized spacial score (nSPS) is 19.6. The molecule has 2 heterocycles. The number of benzene rings is 1. The lowest BCUT2D eigenvalue weighted by Gasteiger charge is -2.15. The number of carbonyl (C=O) groups is 2. The molecule has 0 radical (unpaired) electrons. The van der Waals surface area contributed by atoms with Crippen molar-refractivity contribution in [3.8, 4) is 5.88 Å². The van der Waals surface area contributed by atoms with Crippen molar-refractivity contribution in [2.45, 2.75) is 25.5 Å². The third-order valence-corrected chi connectivity index (χ3v) is 5.83. The van der Waals surface area contributed by atoms with Crippen molar-refractivity contribution in [1.29, 1.82) is 0 Å². The van der Waals surface area contributed by atoms with Crippen LogP contribution in [0.2, 0.25) is 0 Å². The molecule has 1 aromatic carbocycles. The number of hydrogen-bond donors (Lipinski definition) is 3. The summed E-state index contributed by atoms with van der Waals surface area (Å²) in [5, 5.41) is 15.6. The standard InChI is InChI=1S/C24H25FN4O5/c1-33-20-8-7-18-22(28-20)21(17(25)12-26-18)29-23(31)15-9-16(19(30)10-15)13-34-24(32)27-11-14-5-3-2-4-6-14/h2-8,12,15-16,19,30H,9-11,13H2,1H3,(H,27,32)(H,26,29,31)/t15-,16+,19+/m0/s1. The molecule has 0 spiro atoms. The Kier molecular flexibility index (Phi) is 7.17. The molecule has 178 valence electrons. The van der Waals surface area contributed by atoms with Gasteiger partial charge in [0.25, 0.3) is 0 Å². The van der Waals surface area contributed by atoms with Crippen molar-refractivity contribution in [3.63, 3.8) is 0 Å². The fraction of sp³-hybridized carbons (Fsp3) is 0.333. The quantitative estimate of drug-likeness (QED) is 0.487. The molecular formula is C24H25FN4O5. The molecule has 4 rings (SSSR count). The molecule has 0 aliphatic heterocycles. The number of aliphatic hydroxyl groups is 1. The Bertz CT molecular complexity index is 1180. The zero-order valence-electron chi connectivity index (χ0n) is 18.5. The van der Waals surface area contributed by atoms with Crippen LogP contribution in [-0.4, -0.2) is 46.9 Å². The van der Waals surface area contributed by atoms with E-state index in [0.29, 0.717) is 18.5 Å². The SMILES string of the molecule is COc1ccc2ncc(F)c(NC(=O)[C@H]3C[C@H](COC(=O)NCc4ccccc4)[C@H](O)C3)c2n1. The minimum absolute atomic E-state index is 0.0309. The summed E-state index contributed by atoms with van der Waals surface area (Å²) in [6, 6.07) is 12.6. The number of carbonyl (C=O) groups excluding carboxylic acids is 2. The molecule has 1 fully saturated rings. The smallest absolute Gasteiger partial charge is 0.407 e. The number of nitrogens with one attached hydrogen (secondary N) is 2. The van der Waals surface area contributed by atoms with Gasteiger partial charge in [-0.1, -0.05) is 30.3 Å². The first-order valence-corrected chi connectivity index (χ1v) is 10.9. The number of ether oxygens (including phenoxy) is 2. The predicted molar refractivity (Wildman–Crippen MR) is 122 cm³/mol. The average Bonchev–Trinajstić information content (AvgIpc) is 3.24. The van der Waals surface area contributed by atoms with Gasteiger partial charge in [-0.05, 0) is 24.5 Å². The lowest BCUT2D eigenvalue weighted by Crippen LogP contribution is -2.28. The van der Waals surface area contributed by atoms with Gasteiger partial charge in [0.15, 0.2) is 5.82 Å². The molecule has 0 unspecified atom stereocenters. The van der Waals surface area contributed by atoms with Crippen molar-refractivity contribution in [2.24, 2.45) is 11.8 Å². The Labute approximate surface area is 195 Å². The van der Waals surface area contributed by atoms with Crippen molar-refractivity contribution in [1.82, 2.24) is 15.3 Å². The van der Waals surface area contributed by atoms with Crippen molar-refractivity contribution in [2.75, 3.05) is 19.0 Å². The average molecular weight is 468 g/mol. The van der Waals surface area contributed by atoms with Gasteiger partial charge in [0.2, 0.25) is 11.8 Å². The molecule has 0 saturated heterocycles. The summed E-state index contributed by atoms with van der Waals surface area (Å²) in [6.45, 7) is 0.291. The van der Waals surface area contributed by atoms with Crippen molar-refractivity contribution >= 4 is 28.7 Å². The maximum atomic E-state index is 14.5. The minimum Gasteiger partial charge on any atom is -0.481 e. The van der Waals surface area contributed by atoms with Gasteiger partial charge in [0.1, 0.15) is 11.2 Å². The van der Waals surface area contributed by atoms with Gasteiger partial charge in [0, 0.05) is 24.4 Å². The Balaban J connectivity index is 1.34. The number of rotatable bonds is 7. The highest BCUT2D eigenvalue weighted by molar-refractivity contribution is 6.00. The summed E-state index contributed by atoms with van der Waals surface area (Å²) >= 11 is 0. The summed E-state index contributed by atoms with van der Waals surface area (Å²) in [5.74, 6) is -1.91. The van der Waals surface area contributed by atoms with E-state index in [1.54, 1.807) is 12.1 Å². The first-order valence-electron chi connectivity index (χ1n) is 10.9. The van der Waals surface area contributed by atoms with E-state index >= 15 is 0 Å². The number of halogens is 1. The number of aliphatic hydroxyl groups excluding tert-OH is 1. The second kappa shape index (κ2) is 10.4. The van der Waals surface area contributed by atoms with Gasteiger partial charge >= 0.3 is 6.09 Å². The number of aromatic nitrogens is 2. The van der Waals surface area contributed by atoms with Crippen LogP contribution < -0.4 is 15.4 Å². The van der Waals surface area contributed by atoms with Crippen LogP contribution in [0.4, 0.5) is 14.9 Å². The van der Waals surface area contributed by atoms with Gasteiger partial charge in [-0.25, -0.2) is 14.2 Å². The lowest BCUT2D eigenvalue weighted by molar-refractivity contribution is -0.119. The molecule has 34 heavy (non-hydrogen) atoms. The maximum Gasteiger partial charge on any atom is 0.407 e. The molecule has 3 N–H and O–H groups in total. The third-order valence-electron chi connectivity index (χ3n) is 5.83.